The lowest BCUT2D eigenvalue weighted by atomic mass is 10.1. The van der Waals surface area contributed by atoms with Crippen LogP contribution in [0.25, 0.3) is 10.8 Å². The predicted molar refractivity (Wildman–Crippen MR) is 83.7 cm³/mol. The summed E-state index contributed by atoms with van der Waals surface area (Å²) in [7, 11) is 0. The number of rotatable bonds is 5. The fraction of sp³-hybridized carbons (Fsp3) is 0.389. The second-order valence-electron chi connectivity index (χ2n) is 5.80. The first-order valence-electron chi connectivity index (χ1n) is 7.57. The zero-order valence-corrected chi connectivity index (χ0v) is 11.9. The van der Waals surface area contributed by atoms with Crippen LogP contribution < -0.4 is 5.32 Å². The lowest BCUT2D eigenvalue weighted by Gasteiger charge is -2.06. The average Bonchev–Trinajstić information content (AvgIpc) is 3.24. The van der Waals surface area contributed by atoms with Gasteiger partial charge in [-0.25, -0.2) is 0 Å². The largest absolute Gasteiger partial charge is 0.326 e. The van der Waals surface area contributed by atoms with Crippen LogP contribution in [0.3, 0.4) is 0 Å². The molecule has 0 aliphatic heterocycles. The fourth-order valence-electron chi connectivity index (χ4n) is 2.86. The summed E-state index contributed by atoms with van der Waals surface area (Å²) in [6.45, 7) is 2.20. The van der Waals surface area contributed by atoms with Crippen LogP contribution in [0.5, 0.6) is 0 Å². The Morgan fingerprint density at radius 2 is 2.00 bits per heavy atom. The Morgan fingerprint density at radius 1 is 1.20 bits per heavy atom. The molecule has 104 valence electrons. The summed E-state index contributed by atoms with van der Waals surface area (Å²) >= 11 is 0. The number of amides is 1. The standard InChI is InChI=1S/C18H21NO/c1-2-3-6-15-12-17(15)18(20)19-16-10-9-13-7-4-5-8-14(13)11-16/h4-5,7-11,15,17H,2-3,6,12H2,1H3,(H,19,20). The molecule has 1 amide bonds. The quantitative estimate of drug-likeness (QED) is 0.842. The van der Waals surface area contributed by atoms with Gasteiger partial charge >= 0.3 is 0 Å². The molecule has 2 aromatic carbocycles. The van der Waals surface area contributed by atoms with Crippen LogP contribution in [0, 0.1) is 11.8 Å². The number of benzene rings is 2. The van der Waals surface area contributed by atoms with Gasteiger partial charge in [-0.1, -0.05) is 50.1 Å². The summed E-state index contributed by atoms with van der Waals surface area (Å²) in [6.07, 6.45) is 4.73. The van der Waals surface area contributed by atoms with Crippen LogP contribution in [-0.2, 0) is 4.79 Å². The van der Waals surface area contributed by atoms with Crippen LogP contribution in [0.1, 0.15) is 32.6 Å². The smallest absolute Gasteiger partial charge is 0.227 e. The lowest BCUT2D eigenvalue weighted by Crippen LogP contribution is -2.14. The summed E-state index contributed by atoms with van der Waals surface area (Å²) in [5.41, 5.74) is 0.912. The topological polar surface area (TPSA) is 29.1 Å². The number of carbonyl (C=O) groups is 1. The molecular weight excluding hydrogens is 246 g/mol. The van der Waals surface area contributed by atoms with Gasteiger partial charge in [-0.2, -0.15) is 0 Å². The van der Waals surface area contributed by atoms with Crippen molar-refractivity contribution in [3.8, 4) is 0 Å². The Balaban J connectivity index is 1.63. The predicted octanol–water partition coefficient (Wildman–Crippen LogP) is 4.60. The molecule has 0 bridgehead atoms. The maximum atomic E-state index is 12.2. The molecule has 0 aromatic heterocycles. The first-order chi connectivity index (χ1) is 9.78. The number of unbranched alkanes of at least 4 members (excludes halogenated alkanes) is 1. The molecule has 0 heterocycles. The third-order valence-electron chi connectivity index (χ3n) is 4.20. The number of carbonyl (C=O) groups excluding carboxylic acids is 1. The molecule has 1 N–H and O–H groups in total. The van der Waals surface area contributed by atoms with Crippen molar-refractivity contribution in [2.75, 3.05) is 5.32 Å². The van der Waals surface area contributed by atoms with Crippen molar-refractivity contribution in [1.82, 2.24) is 0 Å². The zero-order valence-electron chi connectivity index (χ0n) is 11.9. The van der Waals surface area contributed by atoms with Crippen LogP contribution in [0.15, 0.2) is 42.5 Å². The van der Waals surface area contributed by atoms with E-state index in [1.807, 2.05) is 18.2 Å². The Morgan fingerprint density at radius 3 is 2.80 bits per heavy atom. The summed E-state index contributed by atoms with van der Waals surface area (Å²) in [5.74, 6) is 1.06. The third kappa shape index (κ3) is 2.84. The van der Waals surface area contributed by atoms with Crippen molar-refractivity contribution < 1.29 is 4.79 Å². The fourth-order valence-corrected chi connectivity index (χ4v) is 2.86. The summed E-state index contributed by atoms with van der Waals surface area (Å²) < 4.78 is 0. The molecule has 2 aromatic rings. The van der Waals surface area contributed by atoms with E-state index >= 15 is 0 Å². The van der Waals surface area contributed by atoms with Crippen molar-refractivity contribution in [3.63, 3.8) is 0 Å². The van der Waals surface area contributed by atoms with Gasteiger partial charge in [0.15, 0.2) is 0 Å². The minimum absolute atomic E-state index is 0.196. The summed E-state index contributed by atoms with van der Waals surface area (Å²) in [5, 5.41) is 5.44. The van der Waals surface area contributed by atoms with E-state index in [9.17, 15) is 4.79 Å². The van der Waals surface area contributed by atoms with Crippen molar-refractivity contribution in [2.45, 2.75) is 32.6 Å². The van der Waals surface area contributed by atoms with Crippen molar-refractivity contribution in [1.29, 1.82) is 0 Å². The second-order valence-corrected chi connectivity index (χ2v) is 5.80. The van der Waals surface area contributed by atoms with Gasteiger partial charge in [-0.15, -0.1) is 0 Å². The number of anilines is 1. The summed E-state index contributed by atoms with van der Waals surface area (Å²) in [4.78, 5) is 12.2. The molecule has 2 atom stereocenters. The van der Waals surface area contributed by atoms with Crippen LogP contribution in [0.2, 0.25) is 0 Å². The maximum Gasteiger partial charge on any atom is 0.227 e. The molecule has 1 fully saturated rings. The molecule has 1 aliphatic rings. The second kappa shape index (κ2) is 5.66. The van der Waals surface area contributed by atoms with E-state index in [1.54, 1.807) is 0 Å². The van der Waals surface area contributed by atoms with Crippen LogP contribution >= 0.6 is 0 Å². The van der Waals surface area contributed by atoms with E-state index in [1.165, 1.54) is 30.0 Å². The third-order valence-corrected chi connectivity index (χ3v) is 4.20. The van der Waals surface area contributed by atoms with E-state index < -0.39 is 0 Å². The molecule has 2 unspecified atom stereocenters. The molecule has 1 aliphatic carbocycles. The number of hydrogen-bond donors (Lipinski definition) is 1. The minimum atomic E-state index is 0.196. The first-order valence-corrected chi connectivity index (χ1v) is 7.57. The van der Waals surface area contributed by atoms with E-state index in [4.69, 9.17) is 0 Å². The van der Waals surface area contributed by atoms with Gasteiger partial charge in [-0.05, 0) is 41.7 Å². The highest BCUT2D eigenvalue weighted by Crippen LogP contribution is 2.43. The maximum absolute atomic E-state index is 12.2. The average molecular weight is 267 g/mol. The van der Waals surface area contributed by atoms with Gasteiger partial charge in [0.2, 0.25) is 5.91 Å². The number of hydrogen-bond acceptors (Lipinski definition) is 1. The van der Waals surface area contributed by atoms with E-state index in [-0.39, 0.29) is 11.8 Å². The molecular formula is C18H21NO. The highest BCUT2D eigenvalue weighted by molar-refractivity contribution is 5.96. The van der Waals surface area contributed by atoms with Crippen LogP contribution in [-0.4, -0.2) is 5.91 Å². The van der Waals surface area contributed by atoms with E-state index in [0.29, 0.717) is 5.92 Å². The van der Waals surface area contributed by atoms with E-state index in [0.717, 1.165) is 12.1 Å². The normalized spacial score (nSPS) is 20.9. The Kier molecular flexibility index (Phi) is 3.72. The molecule has 0 saturated heterocycles. The SMILES string of the molecule is CCCCC1CC1C(=O)Nc1ccc2ccccc2c1. The Labute approximate surface area is 120 Å². The number of nitrogens with one attached hydrogen (secondary N) is 1. The van der Waals surface area contributed by atoms with E-state index in [2.05, 4.69) is 36.5 Å². The van der Waals surface area contributed by atoms with Crippen molar-refractivity contribution in [2.24, 2.45) is 11.8 Å². The van der Waals surface area contributed by atoms with Gasteiger partial charge in [0, 0.05) is 11.6 Å². The van der Waals surface area contributed by atoms with Crippen LogP contribution in [0.4, 0.5) is 5.69 Å². The van der Waals surface area contributed by atoms with Gasteiger partial charge in [-0.3, -0.25) is 4.79 Å². The van der Waals surface area contributed by atoms with Gasteiger partial charge in [0.05, 0.1) is 0 Å². The first kappa shape index (κ1) is 13.2. The zero-order chi connectivity index (χ0) is 13.9. The molecule has 3 rings (SSSR count). The molecule has 20 heavy (non-hydrogen) atoms. The highest BCUT2D eigenvalue weighted by Gasteiger charge is 2.41. The molecule has 2 nitrogen and oxygen atoms in total. The lowest BCUT2D eigenvalue weighted by molar-refractivity contribution is -0.117. The molecule has 2 heteroatoms. The monoisotopic (exact) mass is 267 g/mol. The van der Waals surface area contributed by atoms with Gasteiger partial charge in [0.1, 0.15) is 0 Å². The molecule has 0 radical (unpaired) electrons. The van der Waals surface area contributed by atoms with Gasteiger partial charge < -0.3 is 5.32 Å². The van der Waals surface area contributed by atoms with Gasteiger partial charge in [0.25, 0.3) is 0 Å². The highest BCUT2D eigenvalue weighted by atomic mass is 16.2. The minimum Gasteiger partial charge on any atom is -0.326 e. The van der Waals surface area contributed by atoms with Crippen molar-refractivity contribution in [3.05, 3.63) is 42.5 Å². The molecule has 0 spiro atoms. The van der Waals surface area contributed by atoms with Crippen molar-refractivity contribution >= 4 is 22.4 Å². The molecule has 1 saturated carbocycles. The summed E-state index contributed by atoms with van der Waals surface area (Å²) in [6, 6.07) is 14.3. The number of fused-ring (bicyclic) bond motifs is 1. The Bertz CT molecular complexity index is 620. The Hall–Kier alpha value is -1.83.